The molecular formula is C24H16ClFN4O2S. The molecule has 0 spiro atoms. The minimum atomic E-state index is -0.364. The Hall–Kier alpha value is -3.67. The lowest BCUT2D eigenvalue weighted by Crippen LogP contribution is -2.25. The van der Waals surface area contributed by atoms with Crippen molar-refractivity contribution in [2.24, 2.45) is 0 Å². The van der Waals surface area contributed by atoms with Crippen LogP contribution in [0.15, 0.2) is 76.7 Å². The van der Waals surface area contributed by atoms with Crippen molar-refractivity contribution in [2.75, 3.05) is 11.1 Å². The summed E-state index contributed by atoms with van der Waals surface area (Å²) in [5.74, 6) is -0.695. The van der Waals surface area contributed by atoms with Crippen molar-refractivity contribution in [1.82, 2.24) is 9.55 Å². The van der Waals surface area contributed by atoms with Crippen LogP contribution in [0.5, 0.6) is 0 Å². The number of thioether (sulfide) groups is 1. The van der Waals surface area contributed by atoms with E-state index in [1.54, 1.807) is 42.5 Å². The second kappa shape index (κ2) is 9.86. The van der Waals surface area contributed by atoms with Gasteiger partial charge in [0.05, 0.1) is 33.8 Å². The average Bonchev–Trinajstić information content (AvgIpc) is 2.81. The minimum Gasteiger partial charge on any atom is -0.325 e. The van der Waals surface area contributed by atoms with E-state index in [-0.39, 0.29) is 34.6 Å². The quantitative estimate of drug-likeness (QED) is 0.316. The lowest BCUT2D eigenvalue weighted by molar-refractivity contribution is -0.113. The van der Waals surface area contributed by atoms with Crippen molar-refractivity contribution in [1.29, 1.82) is 5.26 Å². The Bertz CT molecular complexity index is 1450. The largest absolute Gasteiger partial charge is 0.325 e. The van der Waals surface area contributed by atoms with Gasteiger partial charge in [0, 0.05) is 5.69 Å². The average molecular weight is 479 g/mol. The molecule has 1 amide bonds. The molecule has 164 valence electrons. The molecule has 0 bridgehead atoms. The first-order valence-corrected chi connectivity index (χ1v) is 11.2. The topological polar surface area (TPSA) is 87.8 Å². The van der Waals surface area contributed by atoms with Crippen molar-refractivity contribution in [3.63, 3.8) is 0 Å². The van der Waals surface area contributed by atoms with Gasteiger partial charge in [0.25, 0.3) is 5.56 Å². The number of nitriles is 1. The van der Waals surface area contributed by atoms with E-state index in [2.05, 4.69) is 10.3 Å². The highest BCUT2D eigenvalue weighted by Gasteiger charge is 2.14. The van der Waals surface area contributed by atoms with Crippen molar-refractivity contribution in [3.05, 3.63) is 99.1 Å². The Morgan fingerprint density at radius 3 is 2.64 bits per heavy atom. The normalized spacial score (nSPS) is 10.7. The molecule has 6 nitrogen and oxygen atoms in total. The smallest absolute Gasteiger partial charge is 0.262 e. The molecule has 0 aliphatic rings. The number of rotatable bonds is 6. The number of nitrogens with zero attached hydrogens (tertiary/aromatic N) is 3. The highest BCUT2D eigenvalue weighted by atomic mass is 35.5. The Morgan fingerprint density at radius 2 is 1.91 bits per heavy atom. The minimum absolute atomic E-state index is 0.00812. The van der Waals surface area contributed by atoms with E-state index < -0.39 is 0 Å². The molecule has 1 heterocycles. The Kier molecular flexibility index (Phi) is 6.73. The predicted octanol–water partition coefficient (Wildman–Crippen LogP) is 4.84. The van der Waals surface area contributed by atoms with Gasteiger partial charge in [-0.2, -0.15) is 5.26 Å². The summed E-state index contributed by atoms with van der Waals surface area (Å²) in [6.07, 6.45) is 0. The van der Waals surface area contributed by atoms with Gasteiger partial charge in [0.15, 0.2) is 5.16 Å². The molecule has 0 atom stereocenters. The molecule has 0 unspecified atom stereocenters. The lowest BCUT2D eigenvalue weighted by Gasteiger charge is -2.13. The van der Waals surface area contributed by atoms with Crippen molar-refractivity contribution in [2.45, 2.75) is 11.7 Å². The van der Waals surface area contributed by atoms with Crippen LogP contribution in [-0.2, 0) is 11.3 Å². The maximum atomic E-state index is 13.3. The van der Waals surface area contributed by atoms with Crippen LogP contribution in [0.4, 0.5) is 10.1 Å². The molecule has 0 saturated carbocycles. The monoisotopic (exact) mass is 478 g/mol. The van der Waals surface area contributed by atoms with Gasteiger partial charge in [-0.1, -0.05) is 47.6 Å². The number of para-hydroxylation sites is 1. The van der Waals surface area contributed by atoms with Gasteiger partial charge >= 0.3 is 0 Å². The molecule has 4 rings (SSSR count). The van der Waals surface area contributed by atoms with Gasteiger partial charge in [-0.15, -0.1) is 0 Å². The summed E-state index contributed by atoms with van der Waals surface area (Å²) in [5, 5.41) is 12.8. The number of hydrogen-bond acceptors (Lipinski definition) is 5. The van der Waals surface area contributed by atoms with Crippen LogP contribution in [0, 0.1) is 17.1 Å². The number of halogens is 2. The van der Waals surface area contributed by atoms with Crippen LogP contribution >= 0.6 is 23.4 Å². The van der Waals surface area contributed by atoms with Gasteiger partial charge in [-0.3, -0.25) is 14.2 Å². The zero-order valence-electron chi connectivity index (χ0n) is 17.1. The molecule has 1 aromatic heterocycles. The molecule has 3 aromatic carbocycles. The number of carbonyl (C=O) groups is 1. The number of benzene rings is 3. The number of nitrogens with one attached hydrogen (secondary N) is 1. The molecule has 1 N–H and O–H groups in total. The SMILES string of the molecule is N#Cc1ccc(NC(=O)CSc2nc3ccccc3c(=O)n2Cc2ccc(F)cc2)cc1Cl. The summed E-state index contributed by atoms with van der Waals surface area (Å²) >= 11 is 7.13. The van der Waals surface area contributed by atoms with Gasteiger partial charge in [0.2, 0.25) is 5.91 Å². The van der Waals surface area contributed by atoms with E-state index in [4.69, 9.17) is 16.9 Å². The predicted molar refractivity (Wildman–Crippen MR) is 127 cm³/mol. The van der Waals surface area contributed by atoms with Gasteiger partial charge in [-0.05, 0) is 48.0 Å². The van der Waals surface area contributed by atoms with Crippen LogP contribution in [0.1, 0.15) is 11.1 Å². The molecule has 9 heteroatoms. The van der Waals surface area contributed by atoms with E-state index in [1.807, 2.05) is 6.07 Å². The van der Waals surface area contributed by atoms with Crippen molar-refractivity contribution < 1.29 is 9.18 Å². The first-order chi connectivity index (χ1) is 15.9. The van der Waals surface area contributed by atoms with Crippen LogP contribution < -0.4 is 10.9 Å². The Balaban J connectivity index is 1.58. The maximum absolute atomic E-state index is 13.3. The second-order valence-electron chi connectivity index (χ2n) is 7.07. The highest BCUT2D eigenvalue weighted by Crippen LogP contribution is 2.22. The molecule has 0 aliphatic heterocycles. The number of hydrogen-bond donors (Lipinski definition) is 1. The summed E-state index contributed by atoms with van der Waals surface area (Å²) in [6.45, 7) is 0.187. The zero-order chi connectivity index (χ0) is 23.4. The van der Waals surface area contributed by atoms with Gasteiger partial charge in [-0.25, -0.2) is 9.37 Å². The third kappa shape index (κ3) is 5.22. The molecule has 33 heavy (non-hydrogen) atoms. The van der Waals surface area contributed by atoms with Gasteiger partial charge in [0.1, 0.15) is 11.9 Å². The molecule has 0 saturated heterocycles. The lowest BCUT2D eigenvalue weighted by atomic mass is 10.2. The van der Waals surface area contributed by atoms with E-state index in [0.29, 0.717) is 27.3 Å². The maximum Gasteiger partial charge on any atom is 0.262 e. The van der Waals surface area contributed by atoms with E-state index in [0.717, 1.165) is 17.3 Å². The fourth-order valence-electron chi connectivity index (χ4n) is 3.18. The van der Waals surface area contributed by atoms with Crippen LogP contribution in [0.25, 0.3) is 10.9 Å². The van der Waals surface area contributed by atoms with Crippen LogP contribution in [0.2, 0.25) is 5.02 Å². The molecule has 0 fully saturated rings. The molecular weight excluding hydrogens is 463 g/mol. The summed E-state index contributed by atoms with van der Waals surface area (Å²) < 4.78 is 14.8. The number of anilines is 1. The van der Waals surface area contributed by atoms with Gasteiger partial charge < -0.3 is 5.32 Å². The molecule has 0 aliphatic carbocycles. The van der Waals surface area contributed by atoms with Crippen molar-refractivity contribution >= 4 is 45.9 Å². The first kappa shape index (κ1) is 22.5. The standard InChI is InChI=1S/C24H16ClFN4O2S/c25-20-11-18(10-7-16(20)12-27)28-22(31)14-33-24-29-21-4-2-1-3-19(21)23(32)30(24)13-15-5-8-17(26)9-6-15/h1-11H,13-14H2,(H,28,31). The fourth-order valence-corrected chi connectivity index (χ4v) is 4.20. The summed E-state index contributed by atoms with van der Waals surface area (Å²) in [7, 11) is 0. The summed E-state index contributed by atoms with van der Waals surface area (Å²) in [5.41, 5.74) is 1.79. The third-order valence-corrected chi connectivity index (χ3v) is 6.08. The molecule has 0 radical (unpaired) electrons. The Morgan fingerprint density at radius 1 is 1.15 bits per heavy atom. The zero-order valence-corrected chi connectivity index (χ0v) is 18.7. The highest BCUT2D eigenvalue weighted by molar-refractivity contribution is 7.99. The second-order valence-corrected chi connectivity index (χ2v) is 8.42. The number of carbonyl (C=O) groups excluding carboxylic acids is 1. The van der Waals surface area contributed by atoms with Crippen molar-refractivity contribution in [3.8, 4) is 6.07 Å². The first-order valence-electron chi connectivity index (χ1n) is 9.81. The van der Waals surface area contributed by atoms with Crippen LogP contribution in [-0.4, -0.2) is 21.2 Å². The van der Waals surface area contributed by atoms with Crippen LogP contribution in [0.3, 0.4) is 0 Å². The summed E-state index contributed by atoms with van der Waals surface area (Å²) in [4.78, 5) is 30.2. The van der Waals surface area contributed by atoms with E-state index in [1.165, 1.54) is 28.8 Å². The number of amides is 1. The fraction of sp³-hybridized carbons (Fsp3) is 0.0833. The Labute approximate surface area is 197 Å². The van der Waals surface area contributed by atoms with E-state index in [9.17, 15) is 14.0 Å². The molecule has 4 aromatic rings. The number of aromatic nitrogens is 2. The third-order valence-electron chi connectivity index (χ3n) is 4.79. The number of fused-ring (bicyclic) bond motifs is 1. The van der Waals surface area contributed by atoms with E-state index >= 15 is 0 Å². The summed E-state index contributed by atoms with van der Waals surface area (Å²) in [6, 6.07) is 19.4.